The monoisotopic (exact) mass is 248 g/mol. The van der Waals surface area contributed by atoms with Crippen LogP contribution in [0.4, 0.5) is 0 Å². The lowest BCUT2D eigenvalue weighted by molar-refractivity contribution is -0.147. The van der Waals surface area contributed by atoms with Gasteiger partial charge in [-0.3, -0.25) is 9.69 Å². The normalized spacial score (nSPS) is 31.1. The lowest BCUT2D eigenvalue weighted by Crippen LogP contribution is -2.46. The molecule has 3 N–H and O–H groups in total. The van der Waals surface area contributed by atoms with Crippen molar-refractivity contribution in [3.05, 3.63) is 22.9 Å². The van der Waals surface area contributed by atoms with Gasteiger partial charge in [0.2, 0.25) is 5.91 Å². The van der Waals surface area contributed by atoms with Gasteiger partial charge in [0.1, 0.15) is 6.04 Å². The summed E-state index contributed by atoms with van der Waals surface area (Å²) in [5.74, 6) is -1.18. The Morgan fingerprint density at radius 2 is 2.22 bits per heavy atom. The molecule has 2 atom stereocenters. The molecule has 3 rings (SSSR count). The highest BCUT2D eigenvalue weighted by molar-refractivity contribution is 5.91. The Hall–Kier alpha value is -1.62. The van der Waals surface area contributed by atoms with E-state index in [0.29, 0.717) is 12.8 Å². The summed E-state index contributed by atoms with van der Waals surface area (Å²) in [7, 11) is 0. The molecule has 5 heteroatoms. The van der Waals surface area contributed by atoms with Gasteiger partial charge in [-0.1, -0.05) is 6.08 Å². The molecule has 0 radical (unpaired) electrons. The second-order valence-corrected chi connectivity index (χ2v) is 5.13. The molecule has 0 aromatic heterocycles. The maximum atomic E-state index is 12.2. The number of aliphatic carboxylic acids is 1. The van der Waals surface area contributed by atoms with Gasteiger partial charge in [0.25, 0.3) is 0 Å². The average molecular weight is 248 g/mol. The van der Waals surface area contributed by atoms with E-state index in [-0.39, 0.29) is 5.91 Å². The molecule has 0 aromatic rings. The number of rotatable bonds is 1. The number of carbonyl (C=O) groups is 2. The number of carbonyl (C=O) groups excluding carboxylic acids is 1. The van der Waals surface area contributed by atoms with Gasteiger partial charge in [-0.25, -0.2) is 4.79 Å². The first kappa shape index (κ1) is 11.5. The molecule has 1 fully saturated rings. The molecule has 96 valence electrons. The molecule has 1 aliphatic carbocycles. The van der Waals surface area contributed by atoms with Crippen LogP contribution in [0, 0.1) is 0 Å². The zero-order valence-corrected chi connectivity index (χ0v) is 10.1. The highest BCUT2D eigenvalue weighted by Crippen LogP contribution is 2.42. The van der Waals surface area contributed by atoms with Crippen molar-refractivity contribution in [1.29, 1.82) is 0 Å². The van der Waals surface area contributed by atoms with Crippen LogP contribution >= 0.6 is 0 Å². The lowest BCUT2D eigenvalue weighted by Gasteiger charge is -2.25. The summed E-state index contributed by atoms with van der Waals surface area (Å²) in [6, 6.07) is -1.34. The van der Waals surface area contributed by atoms with Crippen molar-refractivity contribution in [3.8, 4) is 0 Å². The van der Waals surface area contributed by atoms with Gasteiger partial charge >= 0.3 is 5.97 Å². The molecular weight excluding hydrogens is 232 g/mol. The number of carboxylic acid groups (broad SMARTS) is 1. The van der Waals surface area contributed by atoms with E-state index >= 15 is 0 Å². The standard InChI is InChI=1S/C13H16N2O3/c14-9-5-4-7-2-1-3-8-6-10(13(17)18)15(11(7)8)12(9)16/h3,9-10H,1-2,4-6,14H2,(H,17,18)/t9-,10-/m0/s1. The Labute approximate surface area is 105 Å². The fourth-order valence-electron chi connectivity index (χ4n) is 3.16. The van der Waals surface area contributed by atoms with E-state index in [1.165, 1.54) is 10.5 Å². The van der Waals surface area contributed by atoms with E-state index in [0.717, 1.165) is 30.5 Å². The maximum absolute atomic E-state index is 12.2. The van der Waals surface area contributed by atoms with Crippen molar-refractivity contribution < 1.29 is 14.7 Å². The lowest BCUT2D eigenvalue weighted by atomic mass is 9.93. The van der Waals surface area contributed by atoms with Crippen molar-refractivity contribution in [1.82, 2.24) is 4.90 Å². The summed E-state index contributed by atoms with van der Waals surface area (Å²) in [5, 5.41) is 9.28. The molecule has 0 bridgehead atoms. The summed E-state index contributed by atoms with van der Waals surface area (Å²) in [6.07, 6.45) is 5.78. The van der Waals surface area contributed by atoms with Gasteiger partial charge < -0.3 is 10.8 Å². The summed E-state index contributed by atoms with van der Waals surface area (Å²) < 4.78 is 0. The van der Waals surface area contributed by atoms with Crippen molar-refractivity contribution in [2.75, 3.05) is 0 Å². The molecule has 0 unspecified atom stereocenters. The van der Waals surface area contributed by atoms with E-state index in [2.05, 4.69) is 6.08 Å². The van der Waals surface area contributed by atoms with E-state index in [4.69, 9.17) is 5.73 Å². The highest BCUT2D eigenvalue weighted by atomic mass is 16.4. The van der Waals surface area contributed by atoms with Crippen LogP contribution in [0.1, 0.15) is 32.1 Å². The van der Waals surface area contributed by atoms with Crippen LogP contribution in [-0.4, -0.2) is 34.0 Å². The molecular formula is C13H16N2O3. The maximum Gasteiger partial charge on any atom is 0.327 e. The first-order valence-corrected chi connectivity index (χ1v) is 6.32. The minimum Gasteiger partial charge on any atom is -0.480 e. The van der Waals surface area contributed by atoms with Crippen LogP contribution in [-0.2, 0) is 9.59 Å². The minimum atomic E-state index is -0.945. The zero-order chi connectivity index (χ0) is 12.9. The zero-order valence-electron chi connectivity index (χ0n) is 10.1. The Morgan fingerprint density at radius 1 is 1.44 bits per heavy atom. The fraction of sp³-hybridized carbons (Fsp3) is 0.538. The van der Waals surface area contributed by atoms with E-state index in [9.17, 15) is 14.7 Å². The number of allylic oxidation sites excluding steroid dienone is 3. The third-order valence-corrected chi connectivity index (χ3v) is 4.04. The number of hydrogen-bond acceptors (Lipinski definition) is 3. The first-order valence-electron chi connectivity index (χ1n) is 6.32. The van der Waals surface area contributed by atoms with Crippen molar-refractivity contribution in [2.24, 2.45) is 5.73 Å². The third-order valence-electron chi connectivity index (χ3n) is 4.04. The molecule has 1 saturated heterocycles. The number of carboxylic acids is 1. The summed E-state index contributed by atoms with van der Waals surface area (Å²) in [4.78, 5) is 25.0. The van der Waals surface area contributed by atoms with Gasteiger partial charge in [0.15, 0.2) is 0 Å². The average Bonchev–Trinajstić information content (AvgIpc) is 2.69. The highest BCUT2D eigenvalue weighted by Gasteiger charge is 2.45. The summed E-state index contributed by atoms with van der Waals surface area (Å²) in [5.41, 5.74) is 8.94. The van der Waals surface area contributed by atoms with E-state index in [1.54, 1.807) is 0 Å². The van der Waals surface area contributed by atoms with Crippen LogP contribution in [0.3, 0.4) is 0 Å². The van der Waals surface area contributed by atoms with E-state index in [1.807, 2.05) is 0 Å². The van der Waals surface area contributed by atoms with Gasteiger partial charge in [-0.05, 0) is 36.8 Å². The Bertz CT molecular complexity index is 492. The predicted molar refractivity (Wildman–Crippen MR) is 64.4 cm³/mol. The molecule has 0 aromatic carbocycles. The van der Waals surface area contributed by atoms with Gasteiger partial charge in [-0.15, -0.1) is 0 Å². The quantitative estimate of drug-likeness (QED) is 0.717. The molecule has 3 aliphatic rings. The second kappa shape index (κ2) is 3.95. The molecule has 18 heavy (non-hydrogen) atoms. The first-order chi connectivity index (χ1) is 8.59. The largest absolute Gasteiger partial charge is 0.480 e. The third kappa shape index (κ3) is 1.50. The van der Waals surface area contributed by atoms with E-state index < -0.39 is 18.1 Å². The summed E-state index contributed by atoms with van der Waals surface area (Å²) >= 11 is 0. The van der Waals surface area contributed by atoms with Crippen molar-refractivity contribution >= 4 is 11.9 Å². The number of hydrogen-bond donors (Lipinski definition) is 2. The molecule has 5 nitrogen and oxygen atoms in total. The van der Waals surface area contributed by atoms with Crippen LogP contribution in [0.2, 0.25) is 0 Å². The SMILES string of the molecule is N[C@H]1CCC2=C3C(=CCC2)C[C@@H](C(=O)O)N3C1=O. The molecule has 2 heterocycles. The van der Waals surface area contributed by atoms with Crippen LogP contribution in [0.25, 0.3) is 0 Å². The predicted octanol–water partition coefficient (Wildman–Crippen LogP) is 0.767. The molecule has 1 amide bonds. The minimum absolute atomic E-state index is 0.238. The number of nitrogens with two attached hydrogens (primary N) is 1. The second-order valence-electron chi connectivity index (χ2n) is 5.13. The topological polar surface area (TPSA) is 83.6 Å². The van der Waals surface area contributed by atoms with Crippen LogP contribution in [0.5, 0.6) is 0 Å². The van der Waals surface area contributed by atoms with Gasteiger partial charge in [-0.2, -0.15) is 0 Å². The molecule has 2 aliphatic heterocycles. The molecule has 0 spiro atoms. The Morgan fingerprint density at radius 3 is 2.94 bits per heavy atom. The summed E-state index contributed by atoms with van der Waals surface area (Å²) in [6.45, 7) is 0. The molecule has 0 saturated carbocycles. The van der Waals surface area contributed by atoms with Crippen LogP contribution < -0.4 is 5.73 Å². The fourth-order valence-corrected chi connectivity index (χ4v) is 3.16. The van der Waals surface area contributed by atoms with Crippen LogP contribution in [0.15, 0.2) is 22.9 Å². The van der Waals surface area contributed by atoms with Crippen molar-refractivity contribution in [2.45, 2.75) is 44.2 Å². The number of amides is 1. The Balaban J connectivity index is 2.12. The Kier molecular flexibility index (Phi) is 2.52. The number of nitrogens with zero attached hydrogens (tertiary/aromatic N) is 1. The van der Waals surface area contributed by atoms with Crippen molar-refractivity contribution in [3.63, 3.8) is 0 Å². The van der Waals surface area contributed by atoms with Gasteiger partial charge in [0.05, 0.1) is 6.04 Å². The smallest absolute Gasteiger partial charge is 0.327 e. The van der Waals surface area contributed by atoms with Gasteiger partial charge in [0, 0.05) is 12.1 Å².